The Kier molecular flexibility index (Phi) is 5.53. The zero-order chi connectivity index (χ0) is 23.2. The first-order chi connectivity index (χ1) is 15.3. The van der Waals surface area contributed by atoms with Crippen molar-refractivity contribution < 1.29 is 34.1 Å². The number of Topliss-reactive ketones (excluding diaryl/α,β-unsaturated/α-hetero) is 2. The molecule has 4 atom stereocenters. The van der Waals surface area contributed by atoms with E-state index in [1.165, 1.54) is 0 Å². The van der Waals surface area contributed by atoms with Crippen molar-refractivity contribution in [1.29, 1.82) is 0 Å². The van der Waals surface area contributed by atoms with E-state index in [4.69, 9.17) is 19.4 Å². The minimum absolute atomic E-state index is 0.00477. The average Bonchev–Trinajstić information content (AvgIpc) is 3.37. The average molecular weight is 443 g/mol. The summed E-state index contributed by atoms with van der Waals surface area (Å²) in [6.45, 7) is 2.13. The van der Waals surface area contributed by atoms with Gasteiger partial charge in [0.1, 0.15) is 6.61 Å². The van der Waals surface area contributed by atoms with Crippen LogP contribution in [-0.4, -0.2) is 70.8 Å². The number of ether oxygens (including phenoxy) is 2. The van der Waals surface area contributed by atoms with E-state index in [2.05, 4.69) is 11.1 Å². The van der Waals surface area contributed by atoms with E-state index in [0.29, 0.717) is 23.4 Å². The smallest absolute Gasteiger partial charge is 0.402 e. The van der Waals surface area contributed by atoms with Crippen molar-refractivity contribution in [3.8, 4) is 0 Å². The molecule has 1 aromatic rings. The standard InChI is InChI=1S/C21H22N2O5.CH3NO2/c1-11-17(25)16-15(18(26)19(11)28-10-12-6-4-3-5-7-12)13(9-24)21(27-2)20-14(22-20)8-23(16)21;2-1(3)4/h3-7,13-14,20,22,24H,8-10H2,1-2H3;2H2,(H,3,4). The van der Waals surface area contributed by atoms with Gasteiger partial charge in [0.2, 0.25) is 11.6 Å². The van der Waals surface area contributed by atoms with Gasteiger partial charge in [0.05, 0.1) is 24.3 Å². The van der Waals surface area contributed by atoms with E-state index < -0.39 is 17.7 Å². The van der Waals surface area contributed by atoms with E-state index in [-0.39, 0.29) is 42.6 Å². The number of amides is 1. The Labute approximate surface area is 184 Å². The lowest BCUT2D eigenvalue weighted by atomic mass is 9.83. The second-order valence-electron chi connectivity index (χ2n) is 8.04. The number of primary amides is 1. The van der Waals surface area contributed by atoms with E-state index in [0.717, 1.165) is 5.56 Å². The molecule has 0 spiro atoms. The summed E-state index contributed by atoms with van der Waals surface area (Å²) >= 11 is 0. The number of benzene rings is 1. The Bertz CT molecular complexity index is 1030. The van der Waals surface area contributed by atoms with Crippen LogP contribution in [0.3, 0.4) is 0 Å². The lowest BCUT2D eigenvalue weighted by Crippen LogP contribution is -2.54. The number of aliphatic hydroxyl groups is 1. The van der Waals surface area contributed by atoms with Crippen molar-refractivity contribution in [1.82, 2.24) is 10.2 Å². The second-order valence-corrected chi connectivity index (χ2v) is 8.04. The van der Waals surface area contributed by atoms with Crippen LogP contribution in [0.4, 0.5) is 4.79 Å². The van der Waals surface area contributed by atoms with Crippen molar-refractivity contribution in [3.05, 3.63) is 58.5 Å². The van der Waals surface area contributed by atoms with Gasteiger partial charge in [0, 0.05) is 30.8 Å². The molecule has 4 unspecified atom stereocenters. The highest BCUT2D eigenvalue weighted by Crippen LogP contribution is 2.55. The molecule has 10 nitrogen and oxygen atoms in total. The molecule has 1 aromatic carbocycles. The molecule has 1 amide bonds. The fourth-order valence-corrected chi connectivity index (χ4v) is 5.03. The van der Waals surface area contributed by atoms with Gasteiger partial charge in [-0.05, 0) is 12.5 Å². The van der Waals surface area contributed by atoms with Crippen LogP contribution < -0.4 is 11.1 Å². The summed E-state index contributed by atoms with van der Waals surface area (Å²) in [5, 5.41) is 20.7. The number of carbonyl (C=O) groups excluding carboxylic acids is 2. The molecule has 32 heavy (non-hydrogen) atoms. The Balaban J connectivity index is 0.000000567. The van der Waals surface area contributed by atoms with Crippen LogP contribution in [0.25, 0.3) is 0 Å². The number of nitrogens with one attached hydrogen (secondary N) is 1. The molecule has 0 saturated carbocycles. The van der Waals surface area contributed by atoms with Crippen LogP contribution in [0.15, 0.2) is 52.9 Å². The minimum Gasteiger partial charge on any atom is -0.484 e. The van der Waals surface area contributed by atoms with Crippen LogP contribution in [-0.2, 0) is 25.7 Å². The number of allylic oxidation sites excluding steroid dienone is 2. The molecular weight excluding hydrogens is 418 g/mol. The van der Waals surface area contributed by atoms with Crippen molar-refractivity contribution >= 4 is 17.7 Å². The number of nitrogens with two attached hydrogens (primary N) is 1. The number of piperazine rings is 1. The molecule has 2 fully saturated rings. The molecule has 0 aromatic heterocycles. The number of ketones is 2. The van der Waals surface area contributed by atoms with Gasteiger partial charge < -0.3 is 35.6 Å². The van der Waals surface area contributed by atoms with Crippen LogP contribution >= 0.6 is 0 Å². The number of hydrogen-bond donors (Lipinski definition) is 4. The number of methoxy groups -OCH3 is 1. The summed E-state index contributed by atoms with van der Waals surface area (Å²) in [5.41, 5.74) is 5.02. The molecular formula is C22H25N3O7. The maximum absolute atomic E-state index is 13.4. The zero-order valence-electron chi connectivity index (χ0n) is 17.7. The van der Waals surface area contributed by atoms with Crippen molar-refractivity contribution in [2.45, 2.75) is 31.3 Å². The molecule has 3 heterocycles. The van der Waals surface area contributed by atoms with E-state index >= 15 is 0 Å². The highest BCUT2D eigenvalue weighted by Gasteiger charge is 2.72. The summed E-state index contributed by atoms with van der Waals surface area (Å²) in [6.07, 6.45) is -1.33. The monoisotopic (exact) mass is 443 g/mol. The van der Waals surface area contributed by atoms with E-state index in [9.17, 15) is 14.7 Å². The lowest BCUT2D eigenvalue weighted by molar-refractivity contribution is -0.137. The van der Waals surface area contributed by atoms with Gasteiger partial charge in [-0.15, -0.1) is 0 Å². The summed E-state index contributed by atoms with van der Waals surface area (Å²) in [6, 6.07) is 9.70. The van der Waals surface area contributed by atoms with Crippen LogP contribution in [0.5, 0.6) is 0 Å². The van der Waals surface area contributed by atoms with Gasteiger partial charge in [0.25, 0.3) is 0 Å². The summed E-state index contributed by atoms with van der Waals surface area (Å²) < 4.78 is 11.7. The molecule has 10 heteroatoms. The SMILES string of the molecule is COC12C(CO)C3=C(C(=O)C(C)=C(OCc4ccccc4)C3=O)N1CC1NC12.NC(=O)O. The summed E-state index contributed by atoms with van der Waals surface area (Å²) in [5.74, 6) is -1.09. The van der Waals surface area contributed by atoms with Gasteiger partial charge in [-0.25, -0.2) is 4.79 Å². The maximum atomic E-state index is 13.4. The van der Waals surface area contributed by atoms with Gasteiger partial charge in [-0.2, -0.15) is 0 Å². The largest absolute Gasteiger partial charge is 0.484 e. The lowest BCUT2D eigenvalue weighted by Gasteiger charge is -2.39. The molecule has 2 saturated heterocycles. The van der Waals surface area contributed by atoms with E-state index in [1.807, 2.05) is 35.2 Å². The first-order valence-electron chi connectivity index (χ1n) is 10.2. The molecule has 5 rings (SSSR count). The van der Waals surface area contributed by atoms with Gasteiger partial charge >= 0.3 is 6.09 Å². The Morgan fingerprint density at radius 2 is 1.94 bits per heavy atom. The Hall–Kier alpha value is -3.21. The minimum atomic E-state index is -1.33. The fourth-order valence-electron chi connectivity index (χ4n) is 5.03. The molecule has 4 aliphatic rings. The predicted molar refractivity (Wildman–Crippen MR) is 111 cm³/mol. The third-order valence-corrected chi connectivity index (χ3v) is 6.39. The molecule has 0 radical (unpaired) electrons. The molecule has 5 N–H and O–H groups in total. The molecule has 0 bridgehead atoms. The zero-order valence-corrected chi connectivity index (χ0v) is 17.7. The van der Waals surface area contributed by atoms with Crippen molar-refractivity contribution in [3.63, 3.8) is 0 Å². The number of carboxylic acid groups (broad SMARTS) is 1. The van der Waals surface area contributed by atoms with Crippen LogP contribution in [0.1, 0.15) is 12.5 Å². The number of aliphatic hydroxyl groups excluding tert-OH is 1. The molecule has 3 aliphatic heterocycles. The Morgan fingerprint density at radius 1 is 1.28 bits per heavy atom. The van der Waals surface area contributed by atoms with Gasteiger partial charge in [0.15, 0.2) is 11.5 Å². The van der Waals surface area contributed by atoms with Gasteiger partial charge in [-0.3, -0.25) is 9.59 Å². The number of rotatable bonds is 5. The summed E-state index contributed by atoms with van der Waals surface area (Å²) in [7, 11) is 1.57. The third kappa shape index (κ3) is 3.19. The van der Waals surface area contributed by atoms with Crippen molar-refractivity contribution in [2.75, 3.05) is 20.3 Å². The fraction of sp³-hybridized carbons (Fsp3) is 0.409. The number of hydrogen-bond acceptors (Lipinski definition) is 8. The van der Waals surface area contributed by atoms with Gasteiger partial charge in [-0.1, -0.05) is 30.3 Å². The van der Waals surface area contributed by atoms with Crippen LogP contribution in [0.2, 0.25) is 0 Å². The third-order valence-electron chi connectivity index (χ3n) is 6.39. The quantitative estimate of drug-likeness (QED) is 0.366. The van der Waals surface area contributed by atoms with Crippen LogP contribution in [0, 0.1) is 5.92 Å². The summed E-state index contributed by atoms with van der Waals surface area (Å²) in [4.78, 5) is 37.2. The van der Waals surface area contributed by atoms with E-state index in [1.54, 1.807) is 14.0 Å². The number of fused-ring (bicyclic) bond motifs is 4. The highest BCUT2D eigenvalue weighted by molar-refractivity contribution is 6.25. The maximum Gasteiger partial charge on any atom is 0.402 e. The number of nitrogens with zero attached hydrogens (tertiary/aromatic N) is 1. The number of carbonyl (C=O) groups is 3. The topological polar surface area (TPSA) is 161 Å². The molecule has 1 aliphatic carbocycles. The first-order valence-corrected chi connectivity index (χ1v) is 10.2. The predicted octanol–water partition coefficient (Wildman–Crippen LogP) is 0.127. The normalized spacial score (nSPS) is 29.8. The van der Waals surface area contributed by atoms with Crippen molar-refractivity contribution in [2.24, 2.45) is 11.7 Å². The highest BCUT2D eigenvalue weighted by atomic mass is 16.5. The Morgan fingerprint density at radius 3 is 2.53 bits per heavy atom. The molecule has 170 valence electrons. The first kappa shape index (κ1) is 22.0. The second kappa shape index (κ2) is 8.05.